The minimum atomic E-state index is -0.296. The number of nitrogens with one attached hydrogen (secondary N) is 1. The molecule has 0 fully saturated rings. The second-order valence-corrected chi connectivity index (χ2v) is 6.17. The first-order chi connectivity index (χ1) is 13.6. The third kappa shape index (κ3) is 4.73. The van der Waals surface area contributed by atoms with Gasteiger partial charge in [-0.25, -0.2) is 0 Å². The standard InChI is InChI=1S/C22H21N3O3/c1-3-25(2)22(27)17-7-4-6-16(14-17)21(26)24-18-8-5-9-20(15-18)28-19-10-12-23-13-11-19/h4-15H,3H2,1-2H3,(H,24,26). The van der Waals surface area contributed by atoms with E-state index in [-0.39, 0.29) is 11.8 Å². The lowest BCUT2D eigenvalue weighted by atomic mass is 10.1. The predicted molar refractivity (Wildman–Crippen MR) is 108 cm³/mol. The molecular weight excluding hydrogens is 354 g/mol. The summed E-state index contributed by atoms with van der Waals surface area (Å²) >= 11 is 0. The molecule has 0 atom stereocenters. The summed E-state index contributed by atoms with van der Waals surface area (Å²) in [6.45, 7) is 2.50. The molecule has 2 amide bonds. The van der Waals surface area contributed by atoms with Crippen molar-refractivity contribution >= 4 is 17.5 Å². The first-order valence-corrected chi connectivity index (χ1v) is 8.91. The largest absolute Gasteiger partial charge is 0.457 e. The zero-order valence-corrected chi connectivity index (χ0v) is 15.8. The number of carbonyl (C=O) groups excluding carboxylic acids is 2. The molecule has 0 aliphatic carbocycles. The number of pyridine rings is 1. The van der Waals surface area contributed by atoms with Crippen molar-refractivity contribution in [2.75, 3.05) is 18.9 Å². The van der Waals surface area contributed by atoms with Crippen molar-refractivity contribution in [2.45, 2.75) is 6.92 Å². The number of benzene rings is 2. The molecule has 0 radical (unpaired) electrons. The van der Waals surface area contributed by atoms with E-state index in [9.17, 15) is 9.59 Å². The molecule has 6 heteroatoms. The van der Waals surface area contributed by atoms with Gasteiger partial charge in [0.2, 0.25) is 0 Å². The average Bonchev–Trinajstić information content (AvgIpc) is 2.73. The third-order valence-corrected chi connectivity index (χ3v) is 4.17. The van der Waals surface area contributed by atoms with Crippen molar-refractivity contribution in [3.63, 3.8) is 0 Å². The van der Waals surface area contributed by atoms with E-state index in [1.54, 1.807) is 85.0 Å². The van der Waals surface area contributed by atoms with Crippen LogP contribution in [0.5, 0.6) is 11.5 Å². The zero-order chi connectivity index (χ0) is 19.9. The average molecular weight is 375 g/mol. The minimum absolute atomic E-state index is 0.120. The molecule has 3 rings (SSSR count). The Labute approximate surface area is 163 Å². The third-order valence-electron chi connectivity index (χ3n) is 4.17. The van der Waals surface area contributed by atoms with E-state index < -0.39 is 0 Å². The van der Waals surface area contributed by atoms with Gasteiger partial charge in [-0.3, -0.25) is 14.6 Å². The molecule has 1 N–H and O–H groups in total. The van der Waals surface area contributed by atoms with Crippen LogP contribution in [0.4, 0.5) is 5.69 Å². The second kappa shape index (κ2) is 8.81. The normalized spacial score (nSPS) is 10.2. The molecule has 1 heterocycles. The number of nitrogens with zero attached hydrogens (tertiary/aromatic N) is 2. The van der Waals surface area contributed by atoms with E-state index in [0.29, 0.717) is 34.9 Å². The summed E-state index contributed by atoms with van der Waals surface area (Å²) in [5, 5.41) is 2.84. The molecule has 0 spiro atoms. The van der Waals surface area contributed by atoms with E-state index in [1.807, 2.05) is 6.92 Å². The van der Waals surface area contributed by atoms with Crippen molar-refractivity contribution in [1.82, 2.24) is 9.88 Å². The maximum Gasteiger partial charge on any atom is 0.255 e. The van der Waals surface area contributed by atoms with Crippen molar-refractivity contribution < 1.29 is 14.3 Å². The van der Waals surface area contributed by atoms with Crippen LogP contribution < -0.4 is 10.1 Å². The highest BCUT2D eigenvalue weighted by Gasteiger charge is 2.13. The van der Waals surface area contributed by atoms with Gasteiger partial charge in [-0.1, -0.05) is 12.1 Å². The fourth-order valence-electron chi connectivity index (χ4n) is 2.54. The van der Waals surface area contributed by atoms with Crippen molar-refractivity contribution in [1.29, 1.82) is 0 Å². The molecule has 0 aliphatic rings. The van der Waals surface area contributed by atoms with Crippen LogP contribution in [-0.4, -0.2) is 35.3 Å². The fraction of sp³-hybridized carbons (Fsp3) is 0.136. The monoisotopic (exact) mass is 375 g/mol. The van der Waals surface area contributed by atoms with Gasteiger partial charge in [-0.2, -0.15) is 0 Å². The number of hydrogen-bond acceptors (Lipinski definition) is 4. The first-order valence-electron chi connectivity index (χ1n) is 8.91. The van der Waals surface area contributed by atoms with Gasteiger partial charge < -0.3 is 15.0 Å². The summed E-state index contributed by atoms with van der Waals surface area (Å²) in [7, 11) is 1.73. The molecule has 0 saturated carbocycles. The molecule has 1 aromatic heterocycles. The number of hydrogen-bond donors (Lipinski definition) is 1. The number of carbonyl (C=O) groups is 2. The summed E-state index contributed by atoms with van der Waals surface area (Å²) < 4.78 is 5.75. The van der Waals surface area contributed by atoms with Crippen molar-refractivity contribution in [3.8, 4) is 11.5 Å². The Morgan fingerprint density at radius 1 is 0.964 bits per heavy atom. The van der Waals surface area contributed by atoms with Crippen molar-refractivity contribution in [2.24, 2.45) is 0 Å². The van der Waals surface area contributed by atoms with Crippen LogP contribution in [0.1, 0.15) is 27.6 Å². The minimum Gasteiger partial charge on any atom is -0.457 e. The zero-order valence-electron chi connectivity index (χ0n) is 15.8. The molecule has 0 aliphatic heterocycles. The van der Waals surface area contributed by atoms with Gasteiger partial charge in [0, 0.05) is 48.9 Å². The van der Waals surface area contributed by atoms with E-state index in [4.69, 9.17) is 4.74 Å². The van der Waals surface area contributed by atoms with Crippen LogP contribution in [0.15, 0.2) is 73.1 Å². The van der Waals surface area contributed by atoms with Gasteiger partial charge in [0.15, 0.2) is 0 Å². The van der Waals surface area contributed by atoms with Gasteiger partial charge >= 0.3 is 0 Å². The van der Waals surface area contributed by atoms with Gasteiger partial charge in [-0.15, -0.1) is 0 Å². The van der Waals surface area contributed by atoms with Gasteiger partial charge in [-0.05, 0) is 49.4 Å². The van der Waals surface area contributed by atoms with Crippen LogP contribution in [0.3, 0.4) is 0 Å². The Morgan fingerprint density at radius 2 is 1.68 bits per heavy atom. The molecule has 0 bridgehead atoms. The highest BCUT2D eigenvalue weighted by molar-refractivity contribution is 6.06. The highest BCUT2D eigenvalue weighted by Crippen LogP contribution is 2.24. The first kappa shape index (κ1) is 19.1. The predicted octanol–water partition coefficient (Wildman–Crippen LogP) is 4.22. The van der Waals surface area contributed by atoms with Gasteiger partial charge in [0.25, 0.3) is 11.8 Å². The van der Waals surface area contributed by atoms with E-state index in [0.717, 1.165) is 0 Å². The van der Waals surface area contributed by atoms with Crippen molar-refractivity contribution in [3.05, 3.63) is 84.2 Å². The number of amides is 2. The summed E-state index contributed by atoms with van der Waals surface area (Å²) in [4.78, 5) is 30.5. The molecule has 2 aromatic carbocycles. The van der Waals surface area contributed by atoms with Gasteiger partial charge in [0.1, 0.15) is 11.5 Å². The lowest BCUT2D eigenvalue weighted by molar-refractivity contribution is 0.0802. The Kier molecular flexibility index (Phi) is 6.01. The van der Waals surface area contributed by atoms with E-state index >= 15 is 0 Å². The van der Waals surface area contributed by atoms with E-state index in [1.165, 1.54) is 0 Å². The number of rotatable bonds is 6. The molecule has 142 valence electrons. The molecule has 6 nitrogen and oxygen atoms in total. The maximum atomic E-state index is 12.6. The number of anilines is 1. The summed E-state index contributed by atoms with van der Waals surface area (Å²) in [6, 6.07) is 17.3. The Bertz CT molecular complexity index is 974. The molecule has 0 unspecified atom stereocenters. The molecule has 0 saturated heterocycles. The Hall–Kier alpha value is -3.67. The number of aromatic nitrogens is 1. The summed E-state index contributed by atoms with van der Waals surface area (Å²) in [5.41, 5.74) is 1.49. The van der Waals surface area contributed by atoms with E-state index in [2.05, 4.69) is 10.3 Å². The van der Waals surface area contributed by atoms with Crippen LogP contribution >= 0.6 is 0 Å². The highest BCUT2D eigenvalue weighted by atomic mass is 16.5. The summed E-state index contributed by atoms with van der Waals surface area (Å²) in [6.07, 6.45) is 3.29. The van der Waals surface area contributed by atoms with Crippen LogP contribution in [0.25, 0.3) is 0 Å². The SMILES string of the molecule is CCN(C)C(=O)c1cccc(C(=O)Nc2cccc(Oc3ccncc3)c2)c1. The Balaban J connectivity index is 1.73. The molecular formula is C22H21N3O3. The van der Waals surface area contributed by atoms with Crippen LogP contribution in [-0.2, 0) is 0 Å². The maximum absolute atomic E-state index is 12.6. The molecule has 28 heavy (non-hydrogen) atoms. The quantitative estimate of drug-likeness (QED) is 0.700. The second-order valence-electron chi connectivity index (χ2n) is 6.17. The topological polar surface area (TPSA) is 71.5 Å². The summed E-state index contributed by atoms with van der Waals surface area (Å²) in [5.74, 6) is 0.835. The molecule has 3 aromatic rings. The van der Waals surface area contributed by atoms with Crippen LogP contribution in [0.2, 0.25) is 0 Å². The van der Waals surface area contributed by atoms with Crippen LogP contribution in [0, 0.1) is 0 Å². The Morgan fingerprint density at radius 3 is 2.43 bits per heavy atom. The fourth-order valence-corrected chi connectivity index (χ4v) is 2.54. The smallest absolute Gasteiger partial charge is 0.255 e. The lowest BCUT2D eigenvalue weighted by Gasteiger charge is -2.15. The lowest BCUT2D eigenvalue weighted by Crippen LogP contribution is -2.26. The van der Waals surface area contributed by atoms with Gasteiger partial charge in [0.05, 0.1) is 0 Å². The number of ether oxygens (including phenoxy) is 1.